The van der Waals surface area contributed by atoms with Crippen LogP contribution >= 0.6 is 0 Å². The van der Waals surface area contributed by atoms with Crippen LogP contribution in [0.25, 0.3) is 0 Å². The molecule has 0 bridgehead atoms. The monoisotopic (exact) mass is 319 g/mol. The Labute approximate surface area is 132 Å². The second-order valence-corrected chi connectivity index (χ2v) is 6.32. The minimum Gasteiger partial charge on any atom is -1.00 e. The van der Waals surface area contributed by atoms with Crippen molar-refractivity contribution in [1.29, 1.82) is 0 Å². The number of quaternary nitrogens is 1. The first kappa shape index (κ1) is 18.4. The highest BCUT2D eigenvalue weighted by Crippen LogP contribution is 2.24. The molecule has 0 amide bonds. The van der Waals surface area contributed by atoms with E-state index in [4.69, 9.17) is 4.74 Å². The van der Waals surface area contributed by atoms with Crippen molar-refractivity contribution in [1.82, 2.24) is 0 Å². The summed E-state index contributed by atoms with van der Waals surface area (Å²) in [6, 6.07) is 0.474. The number of halogens is 1. The zero-order valence-corrected chi connectivity index (χ0v) is 13.7. The van der Waals surface area contributed by atoms with Gasteiger partial charge in [0.15, 0.2) is 5.60 Å². The van der Waals surface area contributed by atoms with Gasteiger partial charge >= 0.3 is 5.97 Å². The fraction of sp³-hybridized carbons (Fsp3) is 0.800. The average Bonchev–Trinajstić information content (AvgIpc) is 2.97. The molecule has 3 unspecified atom stereocenters. The van der Waals surface area contributed by atoms with Crippen LogP contribution in [-0.2, 0) is 9.53 Å². The fourth-order valence-electron chi connectivity index (χ4n) is 3.32. The predicted molar refractivity (Wildman–Crippen MR) is 74.2 cm³/mol. The summed E-state index contributed by atoms with van der Waals surface area (Å²) in [5.41, 5.74) is -0.677. The molecule has 0 aromatic carbocycles. The fourth-order valence-corrected chi connectivity index (χ4v) is 3.32. The summed E-state index contributed by atoms with van der Waals surface area (Å²) in [6.07, 6.45) is 3.35. The van der Waals surface area contributed by atoms with Crippen LogP contribution in [0.15, 0.2) is 11.6 Å². The third-order valence-corrected chi connectivity index (χ3v) is 4.77. The van der Waals surface area contributed by atoms with Crippen LogP contribution in [0.4, 0.5) is 0 Å². The summed E-state index contributed by atoms with van der Waals surface area (Å²) in [5, 5.41) is 20.0. The Hall–Kier alpha value is -0.620. The molecule has 2 aliphatic rings. The highest BCUT2D eigenvalue weighted by atomic mass is 35.5. The Morgan fingerprint density at radius 2 is 2.19 bits per heavy atom. The van der Waals surface area contributed by atoms with Crippen LogP contribution in [-0.4, -0.2) is 53.6 Å². The number of aliphatic hydroxyl groups is 2. The molecule has 2 aliphatic heterocycles. The van der Waals surface area contributed by atoms with Crippen LogP contribution in [0.5, 0.6) is 0 Å². The van der Waals surface area contributed by atoms with Crippen LogP contribution in [0.1, 0.15) is 33.6 Å². The lowest BCUT2D eigenvalue weighted by molar-refractivity contribution is -0.895. The number of fused-ring (bicyclic) bond motifs is 1. The molecule has 0 aliphatic carbocycles. The maximum absolute atomic E-state index is 12.1. The topological polar surface area (TPSA) is 71.2 Å². The van der Waals surface area contributed by atoms with Crippen molar-refractivity contribution in [2.45, 2.75) is 51.4 Å². The molecule has 6 heteroatoms. The zero-order valence-electron chi connectivity index (χ0n) is 12.9. The van der Waals surface area contributed by atoms with Gasteiger partial charge in [-0.15, -0.1) is 0 Å². The van der Waals surface area contributed by atoms with Crippen molar-refractivity contribution in [3.05, 3.63) is 11.6 Å². The van der Waals surface area contributed by atoms with Crippen LogP contribution in [0.3, 0.4) is 0 Å². The minimum absolute atomic E-state index is 0. The normalized spacial score (nSPS) is 28.4. The zero-order chi connectivity index (χ0) is 14.9. The quantitative estimate of drug-likeness (QED) is 0.360. The Morgan fingerprint density at radius 1 is 1.52 bits per heavy atom. The third kappa shape index (κ3) is 3.42. The first-order valence-electron chi connectivity index (χ1n) is 7.48. The lowest BCUT2D eigenvalue weighted by Crippen LogP contribution is -3.12. The molecule has 3 N–H and O–H groups in total. The summed E-state index contributed by atoms with van der Waals surface area (Å²) >= 11 is 0. The van der Waals surface area contributed by atoms with E-state index >= 15 is 0 Å². The summed E-state index contributed by atoms with van der Waals surface area (Å²) in [7, 11) is 0. The van der Waals surface area contributed by atoms with E-state index in [2.05, 4.69) is 6.08 Å². The SMILES string of the molecule is CC(C)C(O)(C(=O)OCC1=CC[NH+]2CCCC12)[C@H](C)O.[Cl-]. The Kier molecular flexibility index (Phi) is 6.23. The second kappa shape index (κ2) is 7.09. The summed E-state index contributed by atoms with van der Waals surface area (Å²) in [4.78, 5) is 13.7. The molecule has 0 aromatic heterocycles. The van der Waals surface area contributed by atoms with E-state index in [9.17, 15) is 15.0 Å². The van der Waals surface area contributed by atoms with Gasteiger partial charge in [0.05, 0.1) is 19.2 Å². The number of aliphatic hydroxyl groups excluding tert-OH is 1. The smallest absolute Gasteiger partial charge is 0.341 e. The van der Waals surface area contributed by atoms with E-state index in [0.29, 0.717) is 6.04 Å². The summed E-state index contributed by atoms with van der Waals surface area (Å²) < 4.78 is 5.29. The molecule has 1 fully saturated rings. The van der Waals surface area contributed by atoms with Gasteiger partial charge in [0.25, 0.3) is 0 Å². The number of esters is 1. The van der Waals surface area contributed by atoms with E-state index in [-0.39, 0.29) is 19.0 Å². The van der Waals surface area contributed by atoms with E-state index in [0.717, 1.165) is 18.5 Å². The maximum Gasteiger partial charge on any atom is 0.341 e. The molecular formula is C15H26ClNO4. The van der Waals surface area contributed by atoms with Gasteiger partial charge in [0.2, 0.25) is 0 Å². The molecule has 5 nitrogen and oxygen atoms in total. The van der Waals surface area contributed by atoms with E-state index in [1.807, 2.05) is 0 Å². The van der Waals surface area contributed by atoms with Crippen molar-refractivity contribution >= 4 is 5.97 Å². The van der Waals surface area contributed by atoms with Crippen molar-refractivity contribution in [3.8, 4) is 0 Å². The Balaban J connectivity index is 0.00000220. The number of ether oxygens (including phenoxy) is 1. The highest BCUT2D eigenvalue weighted by Gasteiger charge is 2.46. The molecule has 4 atom stereocenters. The van der Waals surface area contributed by atoms with Gasteiger partial charge in [0, 0.05) is 18.4 Å². The van der Waals surface area contributed by atoms with Crippen molar-refractivity contribution in [3.63, 3.8) is 0 Å². The maximum atomic E-state index is 12.1. The molecule has 2 heterocycles. The highest BCUT2D eigenvalue weighted by molar-refractivity contribution is 5.80. The van der Waals surface area contributed by atoms with Gasteiger partial charge in [-0.25, -0.2) is 4.79 Å². The number of carbonyl (C=O) groups excluding carboxylic acids is 1. The molecule has 0 radical (unpaired) electrons. The molecule has 0 aromatic rings. The van der Waals surface area contributed by atoms with Crippen LogP contribution < -0.4 is 17.3 Å². The number of rotatable bonds is 5. The molecule has 122 valence electrons. The minimum atomic E-state index is -1.83. The molecule has 2 rings (SSSR count). The van der Waals surface area contributed by atoms with Crippen LogP contribution in [0, 0.1) is 5.92 Å². The number of hydrogen-bond acceptors (Lipinski definition) is 4. The third-order valence-electron chi connectivity index (χ3n) is 4.77. The lowest BCUT2D eigenvalue weighted by Gasteiger charge is -2.32. The van der Waals surface area contributed by atoms with E-state index in [1.165, 1.54) is 19.9 Å². The van der Waals surface area contributed by atoms with Crippen molar-refractivity contribution < 1.29 is 37.1 Å². The average molecular weight is 320 g/mol. The van der Waals surface area contributed by atoms with Gasteiger partial charge in [-0.05, 0) is 18.9 Å². The standard InChI is InChI=1S/C15H25NO4.ClH/c1-10(2)15(19,11(3)17)14(18)20-9-12-6-8-16-7-4-5-13(12)16;/h6,10-11,13,17,19H,4-5,7-9H2,1-3H3;1H/t11-,13?,15?;/m0./s1. The molecule has 0 saturated carbocycles. The van der Waals surface area contributed by atoms with Gasteiger partial charge in [-0.3, -0.25) is 0 Å². The number of carbonyl (C=O) groups is 1. The van der Waals surface area contributed by atoms with Gasteiger partial charge in [0.1, 0.15) is 12.6 Å². The Morgan fingerprint density at radius 3 is 2.76 bits per heavy atom. The summed E-state index contributed by atoms with van der Waals surface area (Å²) in [5.74, 6) is -1.13. The molecule has 0 spiro atoms. The molecule has 1 saturated heterocycles. The van der Waals surface area contributed by atoms with Gasteiger partial charge in [-0.2, -0.15) is 0 Å². The lowest BCUT2D eigenvalue weighted by atomic mass is 9.85. The van der Waals surface area contributed by atoms with Gasteiger partial charge < -0.3 is 32.3 Å². The van der Waals surface area contributed by atoms with E-state index in [1.54, 1.807) is 18.7 Å². The number of nitrogens with one attached hydrogen (secondary N) is 1. The van der Waals surface area contributed by atoms with E-state index < -0.39 is 23.6 Å². The first-order valence-corrected chi connectivity index (χ1v) is 7.48. The Bertz CT molecular complexity index is 400. The van der Waals surface area contributed by atoms with Crippen molar-refractivity contribution in [2.75, 3.05) is 19.7 Å². The number of hydrogen-bond donors (Lipinski definition) is 3. The predicted octanol–water partition coefficient (Wildman–Crippen LogP) is -3.71. The van der Waals surface area contributed by atoms with Crippen molar-refractivity contribution in [2.24, 2.45) is 5.92 Å². The molecular weight excluding hydrogens is 294 g/mol. The largest absolute Gasteiger partial charge is 1.00 e. The first-order chi connectivity index (χ1) is 9.37. The van der Waals surface area contributed by atoms with Gasteiger partial charge in [-0.1, -0.05) is 13.8 Å². The summed E-state index contributed by atoms with van der Waals surface area (Å²) in [6.45, 7) is 7.23. The molecule has 21 heavy (non-hydrogen) atoms. The second-order valence-electron chi connectivity index (χ2n) is 6.32. The van der Waals surface area contributed by atoms with Crippen LogP contribution in [0.2, 0.25) is 0 Å².